The van der Waals surface area contributed by atoms with Gasteiger partial charge in [-0.25, -0.2) is 0 Å². The van der Waals surface area contributed by atoms with Crippen LogP contribution < -0.4 is 10.9 Å². The van der Waals surface area contributed by atoms with E-state index in [9.17, 15) is 9.59 Å². The molecule has 4 nitrogen and oxygen atoms in total. The first-order valence-electron chi connectivity index (χ1n) is 3.89. The molecule has 0 bridgehead atoms. The van der Waals surface area contributed by atoms with Crippen molar-refractivity contribution >= 4 is 17.4 Å². The van der Waals surface area contributed by atoms with Crippen LogP contribution >= 0.6 is 11.5 Å². The Kier molecular flexibility index (Phi) is 2.56. The Bertz CT molecular complexity index is 359. The maximum absolute atomic E-state index is 11.4. The molecule has 0 aliphatic heterocycles. The van der Waals surface area contributed by atoms with Crippen LogP contribution in [-0.2, 0) is 0 Å². The molecule has 0 unspecified atom stereocenters. The molecule has 0 aliphatic carbocycles. The lowest BCUT2D eigenvalue weighted by Crippen LogP contribution is -2.41. The van der Waals surface area contributed by atoms with E-state index in [4.69, 9.17) is 0 Å². The van der Waals surface area contributed by atoms with E-state index in [1.54, 1.807) is 0 Å². The molecule has 1 heterocycles. The predicted octanol–water partition coefficient (Wildman–Crippen LogP) is 0.965. The van der Waals surface area contributed by atoms with Gasteiger partial charge in [0.1, 0.15) is 5.56 Å². The SMILES string of the molecule is CC(C)(C)NC(=O)c1cs[nH]c1=O. The number of carbonyl (C=O) groups excluding carboxylic acids is 1. The van der Waals surface area contributed by atoms with Crippen LogP contribution in [0.25, 0.3) is 0 Å². The van der Waals surface area contributed by atoms with Crippen LogP contribution in [0.15, 0.2) is 10.2 Å². The Hall–Kier alpha value is -1.10. The molecule has 13 heavy (non-hydrogen) atoms. The van der Waals surface area contributed by atoms with E-state index < -0.39 is 0 Å². The van der Waals surface area contributed by atoms with Gasteiger partial charge < -0.3 is 5.32 Å². The van der Waals surface area contributed by atoms with Crippen LogP contribution in [0, 0.1) is 0 Å². The fourth-order valence-electron chi connectivity index (χ4n) is 0.815. The van der Waals surface area contributed by atoms with E-state index in [-0.39, 0.29) is 22.6 Å². The number of amides is 1. The highest BCUT2D eigenvalue weighted by Crippen LogP contribution is 2.02. The lowest BCUT2D eigenvalue weighted by Gasteiger charge is -2.19. The van der Waals surface area contributed by atoms with E-state index in [1.807, 2.05) is 20.8 Å². The molecule has 1 rings (SSSR count). The largest absolute Gasteiger partial charge is 0.347 e. The molecule has 0 atom stereocenters. The van der Waals surface area contributed by atoms with Crippen LogP contribution in [0.5, 0.6) is 0 Å². The van der Waals surface area contributed by atoms with Gasteiger partial charge in [-0.2, -0.15) is 0 Å². The first kappa shape index (κ1) is 9.98. The van der Waals surface area contributed by atoms with Crippen LogP contribution in [0.3, 0.4) is 0 Å². The maximum atomic E-state index is 11.4. The van der Waals surface area contributed by atoms with Crippen molar-refractivity contribution in [3.8, 4) is 0 Å². The molecular weight excluding hydrogens is 188 g/mol. The van der Waals surface area contributed by atoms with E-state index in [0.29, 0.717) is 0 Å². The second-order valence-electron chi connectivity index (χ2n) is 3.78. The van der Waals surface area contributed by atoms with E-state index in [0.717, 1.165) is 11.5 Å². The summed E-state index contributed by atoms with van der Waals surface area (Å²) in [6.07, 6.45) is 0. The summed E-state index contributed by atoms with van der Waals surface area (Å²) in [4.78, 5) is 22.5. The number of hydrogen-bond donors (Lipinski definition) is 2. The van der Waals surface area contributed by atoms with Gasteiger partial charge in [-0.15, -0.1) is 0 Å². The van der Waals surface area contributed by atoms with E-state index >= 15 is 0 Å². The van der Waals surface area contributed by atoms with Gasteiger partial charge in [-0.05, 0) is 20.8 Å². The Balaban J connectivity index is 2.82. The standard InChI is InChI=1S/C8H12N2O2S/c1-8(2,3)9-6(11)5-4-13-10-7(5)12/h4H,1-3H3,(H,9,11)(H,10,12). The second kappa shape index (κ2) is 3.33. The van der Waals surface area contributed by atoms with E-state index in [1.165, 1.54) is 5.38 Å². The summed E-state index contributed by atoms with van der Waals surface area (Å²) in [5.41, 5.74) is -0.461. The average molecular weight is 200 g/mol. The zero-order chi connectivity index (χ0) is 10.1. The molecule has 0 saturated carbocycles. The first-order valence-corrected chi connectivity index (χ1v) is 4.77. The first-order chi connectivity index (χ1) is 5.90. The van der Waals surface area contributed by atoms with Crippen molar-refractivity contribution in [3.63, 3.8) is 0 Å². The molecule has 0 saturated heterocycles. The van der Waals surface area contributed by atoms with Crippen molar-refractivity contribution in [2.45, 2.75) is 26.3 Å². The maximum Gasteiger partial charge on any atom is 0.270 e. The minimum absolute atomic E-state index is 0.180. The lowest BCUT2D eigenvalue weighted by molar-refractivity contribution is 0.0918. The number of aromatic nitrogens is 1. The highest BCUT2D eigenvalue weighted by molar-refractivity contribution is 7.03. The van der Waals surface area contributed by atoms with Crippen LogP contribution in [0.2, 0.25) is 0 Å². The number of hydrogen-bond acceptors (Lipinski definition) is 3. The highest BCUT2D eigenvalue weighted by atomic mass is 32.1. The molecular formula is C8H12N2O2S. The number of aromatic amines is 1. The van der Waals surface area contributed by atoms with Crippen LogP contribution in [0.1, 0.15) is 31.1 Å². The van der Waals surface area contributed by atoms with Gasteiger partial charge in [0.25, 0.3) is 11.5 Å². The Labute approximate surface area is 80.1 Å². The normalized spacial score (nSPS) is 11.3. The number of rotatable bonds is 1. The van der Waals surface area contributed by atoms with Crippen molar-refractivity contribution in [1.29, 1.82) is 0 Å². The van der Waals surface area contributed by atoms with Gasteiger partial charge in [-0.3, -0.25) is 14.0 Å². The topological polar surface area (TPSA) is 62.0 Å². The summed E-state index contributed by atoms with van der Waals surface area (Å²) >= 11 is 1.12. The van der Waals surface area contributed by atoms with Crippen molar-refractivity contribution < 1.29 is 4.79 Å². The minimum atomic E-state index is -0.327. The van der Waals surface area contributed by atoms with Crippen molar-refractivity contribution in [3.05, 3.63) is 21.3 Å². The van der Waals surface area contributed by atoms with Crippen LogP contribution in [-0.4, -0.2) is 15.8 Å². The van der Waals surface area contributed by atoms with Crippen molar-refractivity contribution in [2.75, 3.05) is 0 Å². The molecule has 1 amide bonds. The molecule has 0 aromatic carbocycles. The summed E-state index contributed by atoms with van der Waals surface area (Å²) in [7, 11) is 0. The molecule has 5 heteroatoms. The highest BCUT2D eigenvalue weighted by Gasteiger charge is 2.17. The molecule has 72 valence electrons. The molecule has 2 N–H and O–H groups in total. The Morgan fingerprint density at radius 2 is 2.15 bits per heavy atom. The van der Waals surface area contributed by atoms with Gasteiger partial charge in [0, 0.05) is 10.9 Å². The zero-order valence-electron chi connectivity index (χ0n) is 7.80. The molecule has 1 aromatic rings. The Morgan fingerprint density at radius 3 is 2.54 bits per heavy atom. The third-order valence-electron chi connectivity index (χ3n) is 1.31. The summed E-state index contributed by atoms with van der Waals surface area (Å²) < 4.78 is 2.46. The van der Waals surface area contributed by atoms with Crippen molar-refractivity contribution in [1.82, 2.24) is 9.69 Å². The second-order valence-corrected chi connectivity index (χ2v) is 4.46. The number of nitrogens with one attached hydrogen (secondary N) is 2. The fourth-order valence-corrected chi connectivity index (χ4v) is 1.42. The zero-order valence-corrected chi connectivity index (χ0v) is 8.62. The molecule has 0 aliphatic rings. The number of carbonyl (C=O) groups is 1. The van der Waals surface area contributed by atoms with Gasteiger partial charge in [0.15, 0.2) is 0 Å². The van der Waals surface area contributed by atoms with E-state index in [2.05, 4.69) is 9.69 Å². The summed E-state index contributed by atoms with van der Waals surface area (Å²) in [6, 6.07) is 0. The van der Waals surface area contributed by atoms with Crippen LogP contribution in [0.4, 0.5) is 0 Å². The minimum Gasteiger partial charge on any atom is -0.347 e. The Morgan fingerprint density at radius 1 is 1.54 bits per heavy atom. The molecule has 0 radical (unpaired) electrons. The summed E-state index contributed by atoms with van der Waals surface area (Å²) in [6.45, 7) is 5.60. The van der Waals surface area contributed by atoms with Gasteiger partial charge >= 0.3 is 0 Å². The average Bonchev–Trinajstić information content (AvgIpc) is 2.30. The molecule has 1 aromatic heterocycles. The van der Waals surface area contributed by atoms with Gasteiger partial charge in [0.2, 0.25) is 0 Å². The van der Waals surface area contributed by atoms with Gasteiger partial charge in [-0.1, -0.05) is 11.5 Å². The number of H-pyrrole nitrogens is 1. The quantitative estimate of drug-likeness (QED) is 0.709. The third kappa shape index (κ3) is 2.69. The van der Waals surface area contributed by atoms with Crippen molar-refractivity contribution in [2.24, 2.45) is 0 Å². The van der Waals surface area contributed by atoms with Gasteiger partial charge in [0.05, 0.1) is 0 Å². The smallest absolute Gasteiger partial charge is 0.270 e. The fraction of sp³-hybridized carbons (Fsp3) is 0.500. The predicted molar refractivity (Wildman–Crippen MR) is 52.2 cm³/mol. The lowest BCUT2D eigenvalue weighted by atomic mass is 10.1. The molecule has 0 spiro atoms. The third-order valence-corrected chi connectivity index (χ3v) is 1.96. The summed E-state index contributed by atoms with van der Waals surface area (Å²) in [5.74, 6) is -0.324. The summed E-state index contributed by atoms with van der Waals surface area (Å²) in [5, 5.41) is 4.23. The monoisotopic (exact) mass is 200 g/mol. The molecule has 0 fully saturated rings.